The van der Waals surface area contributed by atoms with Gasteiger partial charge in [-0.05, 0) is 13.0 Å². The maximum Gasteiger partial charge on any atom is 0.152 e. The maximum absolute atomic E-state index is 10.3. The zero-order chi connectivity index (χ0) is 7.82. The van der Waals surface area contributed by atoms with Gasteiger partial charge in [-0.3, -0.25) is 4.79 Å². The van der Waals surface area contributed by atoms with Crippen molar-refractivity contribution in [3.63, 3.8) is 0 Å². The van der Waals surface area contributed by atoms with Crippen molar-refractivity contribution < 1.29 is 9.59 Å². The van der Waals surface area contributed by atoms with E-state index in [-0.39, 0.29) is 5.78 Å². The molecule has 2 nitrogen and oxygen atoms in total. The first-order valence-corrected chi connectivity index (χ1v) is 3.04. The normalized spacial score (nSPS) is 10.9. The molecule has 0 aromatic heterocycles. The minimum absolute atomic E-state index is 0.00996. The van der Waals surface area contributed by atoms with Gasteiger partial charge in [-0.25, -0.2) is 0 Å². The lowest BCUT2D eigenvalue weighted by Gasteiger charge is -1.74. The molecule has 0 aliphatic carbocycles. The van der Waals surface area contributed by atoms with Gasteiger partial charge in [0.1, 0.15) is 6.29 Å². The number of aldehydes is 1. The first-order chi connectivity index (χ1) is 4.77. The molecule has 0 aromatic rings. The molecular formula is C8H10O2. The summed E-state index contributed by atoms with van der Waals surface area (Å²) in [5, 5.41) is 0. The van der Waals surface area contributed by atoms with E-state index >= 15 is 0 Å². The van der Waals surface area contributed by atoms with E-state index in [1.54, 1.807) is 18.2 Å². The summed E-state index contributed by atoms with van der Waals surface area (Å²) in [5.41, 5.74) is 0. The zero-order valence-corrected chi connectivity index (χ0v) is 5.91. The standard InChI is InChI=1S/C8H10O2/c1-8(10)6-4-2-3-5-7-9/h2-4,6-7H,5H2,1H3. The van der Waals surface area contributed by atoms with Crippen molar-refractivity contribution in [3.8, 4) is 0 Å². The number of allylic oxidation sites excluding steroid dienone is 4. The Labute approximate surface area is 60.2 Å². The van der Waals surface area contributed by atoms with Crippen LogP contribution in [0.4, 0.5) is 0 Å². The van der Waals surface area contributed by atoms with Crippen LogP contribution in [0.1, 0.15) is 13.3 Å². The predicted molar refractivity (Wildman–Crippen MR) is 39.6 cm³/mol. The van der Waals surface area contributed by atoms with E-state index in [0.717, 1.165) is 6.29 Å². The minimum atomic E-state index is 0.00996. The summed E-state index contributed by atoms with van der Waals surface area (Å²) in [6.07, 6.45) is 7.63. The van der Waals surface area contributed by atoms with Crippen LogP contribution in [-0.2, 0) is 9.59 Å². The van der Waals surface area contributed by atoms with Crippen LogP contribution in [0, 0.1) is 0 Å². The highest BCUT2D eigenvalue weighted by atomic mass is 16.1. The Bertz CT molecular complexity index is 166. The SMILES string of the molecule is CC(=O)C=CC=CCC=O. The van der Waals surface area contributed by atoms with Crippen LogP contribution in [0.2, 0.25) is 0 Å². The number of ketones is 1. The lowest BCUT2D eigenvalue weighted by atomic mass is 10.3. The minimum Gasteiger partial charge on any atom is -0.303 e. The van der Waals surface area contributed by atoms with Gasteiger partial charge in [0, 0.05) is 6.42 Å². The van der Waals surface area contributed by atoms with Crippen LogP contribution in [0.5, 0.6) is 0 Å². The Morgan fingerprint density at radius 3 is 2.60 bits per heavy atom. The van der Waals surface area contributed by atoms with Gasteiger partial charge in [0.15, 0.2) is 5.78 Å². The van der Waals surface area contributed by atoms with Crippen LogP contribution in [-0.4, -0.2) is 12.1 Å². The van der Waals surface area contributed by atoms with Crippen LogP contribution in [0.15, 0.2) is 24.3 Å². The summed E-state index contributed by atoms with van der Waals surface area (Å²) in [7, 11) is 0. The summed E-state index contributed by atoms with van der Waals surface area (Å²) >= 11 is 0. The van der Waals surface area contributed by atoms with Crippen molar-refractivity contribution in [1.82, 2.24) is 0 Å². The molecule has 0 aliphatic heterocycles. The average Bonchev–Trinajstić information content (AvgIpc) is 1.87. The fourth-order valence-electron chi connectivity index (χ4n) is 0.404. The van der Waals surface area contributed by atoms with Crippen LogP contribution >= 0.6 is 0 Å². The van der Waals surface area contributed by atoms with Gasteiger partial charge in [-0.2, -0.15) is 0 Å². The predicted octanol–water partition coefficient (Wildman–Crippen LogP) is 1.28. The molecule has 0 rings (SSSR count). The molecule has 0 N–H and O–H groups in total. The first kappa shape index (κ1) is 8.82. The van der Waals surface area contributed by atoms with E-state index in [9.17, 15) is 9.59 Å². The van der Waals surface area contributed by atoms with E-state index in [1.807, 2.05) is 0 Å². The third kappa shape index (κ3) is 6.82. The van der Waals surface area contributed by atoms with E-state index in [1.165, 1.54) is 13.0 Å². The number of carbonyl (C=O) groups is 2. The molecular weight excluding hydrogens is 128 g/mol. The van der Waals surface area contributed by atoms with Gasteiger partial charge in [0.25, 0.3) is 0 Å². The van der Waals surface area contributed by atoms with Gasteiger partial charge in [0.2, 0.25) is 0 Å². The number of rotatable bonds is 4. The lowest BCUT2D eigenvalue weighted by Crippen LogP contribution is -1.77. The van der Waals surface area contributed by atoms with Gasteiger partial charge in [-0.1, -0.05) is 18.2 Å². The van der Waals surface area contributed by atoms with E-state index in [2.05, 4.69) is 0 Å². The molecule has 10 heavy (non-hydrogen) atoms. The molecule has 54 valence electrons. The maximum atomic E-state index is 10.3. The molecule has 0 saturated carbocycles. The quantitative estimate of drug-likeness (QED) is 0.333. The molecule has 0 fully saturated rings. The topological polar surface area (TPSA) is 34.1 Å². The summed E-state index contributed by atoms with van der Waals surface area (Å²) in [5.74, 6) is 0.00996. The molecule has 0 radical (unpaired) electrons. The van der Waals surface area contributed by atoms with Crippen molar-refractivity contribution in [1.29, 1.82) is 0 Å². The van der Waals surface area contributed by atoms with Crippen LogP contribution < -0.4 is 0 Å². The number of carbonyl (C=O) groups excluding carboxylic acids is 2. The Balaban J connectivity index is 3.51. The van der Waals surface area contributed by atoms with Crippen molar-refractivity contribution >= 4 is 12.1 Å². The van der Waals surface area contributed by atoms with E-state index < -0.39 is 0 Å². The zero-order valence-electron chi connectivity index (χ0n) is 5.91. The monoisotopic (exact) mass is 138 g/mol. The Morgan fingerprint density at radius 1 is 1.40 bits per heavy atom. The summed E-state index contributed by atoms with van der Waals surface area (Å²) in [6.45, 7) is 1.48. The molecule has 2 heteroatoms. The van der Waals surface area contributed by atoms with Crippen LogP contribution in [0.25, 0.3) is 0 Å². The van der Waals surface area contributed by atoms with Crippen molar-refractivity contribution in [2.75, 3.05) is 0 Å². The average molecular weight is 138 g/mol. The largest absolute Gasteiger partial charge is 0.303 e. The highest BCUT2D eigenvalue weighted by molar-refractivity contribution is 5.87. The van der Waals surface area contributed by atoms with E-state index in [4.69, 9.17) is 0 Å². The summed E-state index contributed by atoms with van der Waals surface area (Å²) in [6, 6.07) is 0. The molecule has 0 saturated heterocycles. The Morgan fingerprint density at radius 2 is 2.10 bits per heavy atom. The smallest absolute Gasteiger partial charge is 0.152 e. The van der Waals surface area contributed by atoms with Crippen molar-refractivity contribution in [3.05, 3.63) is 24.3 Å². The first-order valence-electron chi connectivity index (χ1n) is 3.04. The number of hydrogen-bond acceptors (Lipinski definition) is 2. The lowest BCUT2D eigenvalue weighted by molar-refractivity contribution is -0.112. The summed E-state index contributed by atoms with van der Waals surface area (Å²) in [4.78, 5) is 20.0. The van der Waals surface area contributed by atoms with E-state index in [0.29, 0.717) is 6.42 Å². The molecule has 0 heterocycles. The molecule has 0 unspecified atom stereocenters. The molecule has 0 aromatic carbocycles. The highest BCUT2D eigenvalue weighted by Gasteiger charge is 1.76. The molecule has 0 atom stereocenters. The van der Waals surface area contributed by atoms with Gasteiger partial charge in [0.05, 0.1) is 0 Å². The Hall–Kier alpha value is -1.18. The Kier molecular flexibility index (Phi) is 5.25. The molecule has 0 amide bonds. The third-order valence-electron chi connectivity index (χ3n) is 0.810. The van der Waals surface area contributed by atoms with Crippen molar-refractivity contribution in [2.24, 2.45) is 0 Å². The third-order valence-corrected chi connectivity index (χ3v) is 0.810. The molecule has 0 spiro atoms. The van der Waals surface area contributed by atoms with Gasteiger partial charge >= 0.3 is 0 Å². The van der Waals surface area contributed by atoms with Crippen LogP contribution in [0.3, 0.4) is 0 Å². The second-order valence-electron chi connectivity index (χ2n) is 1.80. The molecule has 0 bridgehead atoms. The molecule has 0 aliphatic rings. The fraction of sp³-hybridized carbons (Fsp3) is 0.250. The summed E-state index contributed by atoms with van der Waals surface area (Å²) < 4.78 is 0. The second kappa shape index (κ2) is 5.95. The van der Waals surface area contributed by atoms with Gasteiger partial charge in [-0.15, -0.1) is 0 Å². The second-order valence-corrected chi connectivity index (χ2v) is 1.80. The number of hydrogen-bond donors (Lipinski definition) is 0. The highest BCUT2D eigenvalue weighted by Crippen LogP contribution is 1.80. The van der Waals surface area contributed by atoms with Crippen molar-refractivity contribution in [2.45, 2.75) is 13.3 Å². The van der Waals surface area contributed by atoms with Gasteiger partial charge < -0.3 is 4.79 Å². The fourth-order valence-corrected chi connectivity index (χ4v) is 0.404.